The Morgan fingerprint density at radius 1 is 1.32 bits per heavy atom. The molecule has 1 saturated carbocycles. The van der Waals surface area contributed by atoms with Crippen molar-refractivity contribution in [3.05, 3.63) is 0 Å². The monoisotopic (exact) mass is 291 g/mol. The Labute approximate surface area is 116 Å². The van der Waals surface area contributed by atoms with E-state index in [4.69, 9.17) is 9.47 Å². The normalized spacial score (nSPS) is 31.2. The summed E-state index contributed by atoms with van der Waals surface area (Å²) in [6.07, 6.45) is 2.00. The third kappa shape index (κ3) is 2.96. The summed E-state index contributed by atoms with van der Waals surface area (Å²) in [4.78, 5) is 0. The van der Waals surface area contributed by atoms with Gasteiger partial charge in [0.25, 0.3) is 0 Å². The van der Waals surface area contributed by atoms with E-state index in [1.807, 2.05) is 6.92 Å². The zero-order valence-electron chi connectivity index (χ0n) is 12.0. The van der Waals surface area contributed by atoms with Crippen molar-refractivity contribution in [3.63, 3.8) is 0 Å². The second-order valence-corrected chi connectivity index (χ2v) is 8.42. The van der Waals surface area contributed by atoms with Crippen LogP contribution >= 0.6 is 0 Å². The molecule has 1 aliphatic carbocycles. The van der Waals surface area contributed by atoms with Gasteiger partial charge in [-0.3, -0.25) is 0 Å². The van der Waals surface area contributed by atoms with E-state index in [1.165, 1.54) is 0 Å². The minimum Gasteiger partial charge on any atom is -0.347 e. The maximum atomic E-state index is 12.6. The molecular formula is C13H25NO4S. The molecule has 112 valence electrons. The van der Waals surface area contributed by atoms with Crippen molar-refractivity contribution in [1.82, 2.24) is 5.32 Å². The molecule has 5 nitrogen and oxygen atoms in total. The average molecular weight is 291 g/mol. The van der Waals surface area contributed by atoms with Gasteiger partial charge in [-0.05, 0) is 26.8 Å². The summed E-state index contributed by atoms with van der Waals surface area (Å²) in [5, 5.41) is 2.53. The van der Waals surface area contributed by atoms with E-state index in [0.29, 0.717) is 19.6 Å². The lowest BCUT2D eigenvalue weighted by Gasteiger charge is -2.41. The molecule has 0 bridgehead atoms. The van der Waals surface area contributed by atoms with Gasteiger partial charge in [0.15, 0.2) is 15.6 Å². The maximum Gasteiger partial charge on any atom is 0.169 e. The van der Waals surface area contributed by atoms with E-state index in [2.05, 4.69) is 5.32 Å². The Hall–Kier alpha value is -0.170. The predicted octanol–water partition coefficient (Wildman–Crippen LogP) is 1.08. The summed E-state index contributed by atoms with van der Waals surface area (Å²) in [5.74, 6) is -0.654. The largest absolute Gasteiger partial charge is 0.347 e. The van der Waals surface area contributed by atoms with Gasteiger partial charge in [-0.15, -0.1) is 0 Å². The first-order valence-corrected chi connectivity index (χ1v) is 8.76. The highest BCUT2D eigenvalue weighted by Gasteiger charge is 2.49. The molecule has 1 spiro atoms. The summed E-state index contributed by atoms with van der Waals surface area (Å²) in [6.45, 7) is 7.42. The number of rotatable bonds is 4. The first-order valence-electron chi connectivity index (χ1n) is 7.15. The van der Waals surface area contributed by atoms with E-state index in [1.54, 1.807) is 13.8 Å². The molecule has 0 aromatic heterocycles. The standard InChI is InChI=1S/C13H25NO4S/c1-4-14-11-5-6-13(17-7-8-18-13)9-12(11)19(15,16)10(2)3/h10-12,14H,4-9H2,1-3H3. The number of sulfone groups is 1. The molecule has 1 heterocycles. The van der Waals surface area contributed by atoms with Crippen molar-refractivity contribution in [2.24, 2.45) is 0 Å². The van der Waals surface area contributed by atoms with Crippen LogP contribution in [0.2, 0.25) is 0 Å². The fourth-order valence-corrected chi connectivity index (χ4v) is 4.94. The Kier molecular flexibility index (Phi) is 4.55. The molecule has 2 fully saturated rings. The van der Waals surface area contributed by atoms with Crippen LogP contribution < -0.4 is 5.32 Å². The van der Waals surface area contributed by atoms with Crippen LogP contribution in [0.25, 0.3) is 0 Å². The minimum absolute atomic E-state index is 0.0100. The molecule has 0 radical (unpaired) electrons. The maximum absolute atomic E-state index is 12.6. The molecule has 2 aliphatic rings. The summed E-state index contributed by atoms with van der Waals surface area (Å²) in [7, 11) is -3.16. The van der Waals surface area contributed by atoms with E-state index < -0.39 is 20.9 Å². The summed E-state index contributed by atoms with van der Waals surface area (Å²) in [6, 6.07) is 0.0100. The number of hydrogen-bond acceptors (Lipinski definition) is 5. The van der Waals surface area contributed by atoms with Gasteiger partial charge in [-0.1, -0.05) is 6.92 Å². The highest BCUT2D eigenvalue weighted by atomic mass is 32.2. The van der Waals surface area contributed by atoms with Gasteiger partial charge < -0.3 is 14.8 Å². The average Bonchev–Trinajstić information content (AvgIpc) is 2.80. The highest BCUT2D eigenvalue weighted by molar-refractivity contribution is 7.92. The quantitative estimate of drug-likeness (QED) is 0.840. The van der Waals surface area contributed by atoms with Gasteiger partial charge in [0.1, 0.15) is 0 Å². The van der Waals surface area contributed by atoms with Crippen molar-refractivity contribution in [3.8, 4) is 0 Å². The molecule has 19 heavy (non-hydrogen) atoms. The molecule has 1 aliphatic heterocycles. The molecule has 0 amide bonds. The lowest BCUT2D eigenvalue weighted by Crippen LogP contribution is -2.55. The Bertz CT molecular complexity index is 401. The molecule has 0 aromatic carbocycles. The lowest BCUT2D eigenvalue weighted by molar-refractivity contribution is -0.178. The number of nitrogens with one attached hydrogen (secondary N) is 1. The molecule has 2 atom stereocenters. The smallest absolute Gasteiger partial charge is 0.169 e. The van der Waals surface area contributed by atoms with Gasteiger partial charge in [-0.25, -0.2) is 8.42 Å². The highest BCUT2D eigenvalue weighted by Crippen LogP contribution is 2.39. The zero-order chi connectivity index (χ0) is 14.1. The van der Waals surface area contributed by atoms with Crippen molar-refractivity contribution >= 4 is 9.84 Å². The van der Waals surface area contributed by atoms with Crippen molar-refractivity contribution < 1.29 is 17.9 Å². The molecule has 0 aromatic rings. The second kappa shape index (κ2) is 5.68. The molecule has 2 rings (SSSR count). The molecular weight excluding hydrogens is 266 g/mol. The van der Waals surface area contributed by atoms with Crippen LogP contribution in [0.4, 0.5) is 0 Å². The third-order valence-electron chi connectivity index (χ3n) is 4.16. The van der Waals surface area contributed by atoms with Gasteiger partial charge in [0.05, 0.1) is 23.7 Å². The summed E-state index contributed by atoms with van der Waals surface area (Å²) in [5.41, 5.74) is 0. The van der Waals surface area contributed by atoms with Crippen LogP contribution in [0.3, 0.4) is 0 Å². The van der Waals surface area contributed by atoms with Crippen LogP contribution in [0.5, 0.6) is 0 Å². The van der Waals surface area contributed by atoms with E-state index >= 15 is 0 Å². The van der Waals surface area contributed by atoms with Gasteiger partial charge in [0.2, 0.25) is 0 Å². The topological polar surface area (TPSA) is 64.6 Å². The fourth-order valence-electron chi connectivity index (χ4n) is 3.06. The first-order chi connectivity index (χ1) is 8.91. The first kappa shape index (κ1) is 15.2. The van der Waals surface area contributed by atoms with Gasteiger partial charge >= 0.3 is 0 Å². The minimum atomic E-state index is -3.16. The summed E-state index contributed by atoms with van der Waals surface area (Å²) < 4.78 is 36.5. The molecule has 2 unspecified atom stereocenters. The lowest BCUT2D eigenvalue weighted by atomic mass is 9.89. The fraction of sp³-hybridized carbons (Fsp3) is 1.00. The Balaban J connectivity index is 2.22. The van der Waals surface area contributed by atoms with Crippen LogP contribution in [-0.2, 0) is 19.3 Å². The van der Waals surface area contributed by atoms with Gasteiger partial charge in [0, 0.05) is 18.9 Å². The second-order valence-electron chi connectivity index (χ2n) is 5.69. The van der Waals surface area contributed by atoms with Crippen LogP contribution in [0, 0.1) is 0 Å². The van der Waals surface area contributed by atoms with E-state index in [0.717, 1.165) is 19.4 Å². The van der Waals surface area contributed by atoms with Crippen molar-refractivity contribution in [2.45, 2.75) is 62.4 Å². The molecule has 6 heteroatoms. The SMILES string of the molecule is CCNC1CCC2(CC1S(=O)(=O)C(C)C)OCCO2. The zero-order valence-corrected chi connectivity index (χ0v) is 12.8. The summed E-state index contributed by atoms with van der Waals surface area (Å²) >= 11 is 0. The van der Waals surface area contributed by atoms with Crippen molar-refractivity contribution in [1.29, 1.82) is 0 Å². The molecule has 1 saturated heterocycles. The Morgan fingerprint density at radius 2 is 1.95 bits per heavy atom. The third-order valence-corrected chi connectivity index (χ3v) is 6.81. The van der Waals surface area contributed by atoms with Crippen LogP contribution in [0.15, 0.2) is 0 Å². The van der Waals surface area contributed by atoms with Crippen LogP contribution in [-0.4, -0.2) is 50.5 Å². The van der Waals surface area contributed by atoms with Gasteiger partial charge in [-0.2, -0.15) is 0 Å². The molecule has 1 N–H and O–H groups in total. The van der Waals surface area contributed by atoms with E-state index in [-0.39, 0.29) is 11.3 Å². The number of hydrogen-bond donors (Lipinski definition) is 1. The van der Waals surface area contributed by atoms with Crippen LogP contribution in [0.1, 0.15) is 40.0 Å². The number of ether oxygens (including phenoxy) is 2. The van der Waals surface area contributed by atoms with Crippen molar-refractivity contribution in [2.75, 3.05) is 19.8 Å². The van der Waals surface area contributed by atoms with E-state index in [9.17, 15) is 8.42 Å². The Morgan fingerprint density at radius 3 is 2.47 bits per heavy atom. The predicted molar refractivity (Wildman–Crippen MR) is 73.8 cm³/mol.